The molecule has 1 N–H and O–H groups in total. The lowest BCUT2D eigenvalue weighted by Crippen LogP contribution is -2.06. The summed E-state index contributed by atoms with van der Waals surface area (Å²) in [5, 5.41) is 8.00. The van der Waals surface area contributed by atoms with E-state index in [1.165, 1.54) is 11.3 Å². The number of rotatable bonds is 5. The summed E-state index contributed by atoms with van der Waals surface area (Å²) in [6, 6.07) is 10.9. The average molecular weight is 243 g/mol. The summed E-state index contributed by atoms with van der Waals surface area (Å²) in [7, 11) is 0. The Labute approximate surface area is 109 Å². The summed E-state index contributed by atoms with van der Waals surface area (Å²) in [6.07, 6.45) is 3.16. The van der Waals surface area contributed by atoms with Gasteiger partial charge in [0.05, 0.1) is 12.2 Å². The lowest BCUT2D eigenvalue weighted by atomic mass is 10.2. The molecule has 1 atom stereocenters. The molecule has 0 saturated carbocycles. The van der Waals surface area contributed by atoms with E-state index in [9.17, 15) is 0 Å². The monoisotopic (exact) mass is 243 g/mol. The first-order valence-electron chi connectivity index (χ1n) is 6.54. The van der Waals surface area contributed by atoms with Gasteiger partial charge < -0.3 is 5.32 Å². The zero-order valence-corrected chi connectivity index (χ0v) is 11.4. The number of aryl methyl sites for hydroxylation is 1. The molecule has 1 heterocycles. The highest BCUT2D eigenvalue weighted by atomic mass is 15.3. The molecule has 0 aliphatic rings. The van der Waals surface area contributed by atoms with E-state index in [0.717, 1.165) is 18.7 Å². The van der Waals surface area contributed by atoms with Crippen molar-refractivity contribution in [3.8, 4) is 0 Å². The van der Waals surface area contributed by atoms with Crippen molar-refractivity contribution in [1.29, 1.82) is 0 Å². The number of hydrogen-bond acceptors (Lipinski definition) is 2. The molecule has 0 amide bonds. The Kier molecular flexibility index (Phi) is 4.03. The molecule has 2 aromatic rings. The summed E-state index contributed by atoms with van der Waals surface area (Å²) in [6.45, 7) is 7.25. The third-order valence-corrected chi connectivity index (χ3v) is 3.31. The normalized spacial score (nSPS) is 12.4. The van der Waals surface area contributed by atoms with Crippen LogP contribution in [0, 0.1) is 6.92 Å². The number of anilines is 1. The number of nitrogens with zero attached hydrogens (tertiary/aromatic N) is 2. The first-order chi connectivity index (χ1) is 8.70. The van der Waals surface area contributed by atoms with E-state index < -0.39 is 0 Å². The van der Waals surface area contributed by atoms with Gasteiger partial charge in [-0.1, -0.05) is 25.1 Å². The van der Waals surface area contributed by atoms with E-state index >= 15 is 0 Å². The molecule has 3 heteroatoms. The maximum Gasteiger partial charge on any atom is 0.0815 e. The van der Waals surface area contributed by atoms with Crippen LogP contribution in [0.2, 0.25) is 0 Å². The molecule has 96 valence electrons. The largest absolute Gasteiger partial charge is 0.379 e. The summed E-state index contributed by atoms with van der Waals surface area (Å²) >= 11 is 0. The third-order valence-electron chi connectivity index (χ3n) is 3.31. The van der Waals surface area contributed by atoms with E-state index in [2.05, 4.69) is 61.6 Å². The fourth-order valence-corrected chi connectivity index (χ4v) is 1.86. The number of benzene rings is 1. The molecule has 1 aromatic carbocycles. The fraction of sp³-hybridized carbons (Fsp3) is 0.400. The number of nitrogens with one attached hydrogen (secondary N) is 1. The van der Waals surface area contributed by atoms with Crippen molar-refractivity contribution < 1.29 is 0 Å². The molecule has 0 aliphatic carbocycles. The van der Waals surface area contributed by atoms with Gasteiger partial charge in [0, 0.05) is 17.9 Å². The summed E-state index contributed by atoms with van der Waals surface area (Å²) in [5.74, 6) is 0. The van der Waals surface area contributed by atoms with Crippen molar-refractivity contribution in [2.45, 2.75) is 39.8 Å². The molecule has 0 radical (unpaired) electrons. The van der Waals surface area contributed by atoms with Crippen LogP contribution >= 0.6 is 0 Å². The average Bonchev–Trinajstić information content (AvgIpc) is 2.86. The Balaban J connectivity index is 1.98. The van der Waals surface area contributed by atoms with Crippen molar-refractivity contribution in [1.82, 2.24) is 9.78 Å². The quantitative estimate of drug-likeness (QED) is 0.866. The molecule has 3 nitrogen and oxygen atoms in total. The molecule has 1 unspecified atom stereocenters. The zero-order valence-electron chi connectivity index (χ0n) is 11.4. The second-order valence-corrected chi connectivity index (χ2v) is 4.71. The lowest BCUT2D eigenvalue weighted by molar-refractivity contribution is 0.474. The molecule has 0 saturated heterocycles. The standard InChI is InChI=1S/C15H21N3/c1-4-13(3)18-10-9-14(17-18)11-16-15-8-6-5-7-12(15)2/h5-10,13,16H,4,11H2,1-3H3. The Morgan fingerprint density at radius 1 is 1.28 bits per heavy atom. The van der Waals surface area contributed by atoms with Gasteiger partial charge in [-0.05, 0) is 38.0 Å². The van der Waals surface area contributed by atoms with Crippen LogP contribution in [-0.2, 0) is 6.54 Å². The minimum Gasteiger partial charge on any atom is -0.379 e. The van der Waals surface area contributed by atoms with Gasteiger partial charge >= 0.3 is 0 Å². The van der Waals surface area contributed by atoms with Crippen molar-refractivity contribution in [3.63, 3.8) is 0 Å². The van der Waals surface area contributed by atoms with Crippen LogP contribution in [0.1, 0.15) is 37.6 Å². The van der Waals surface area contributed by atoms with Gasteiger partial charge in [-0.2, -0.15) is 5.10 Å². The molecular formula is C15H21N3. The Morgan fingerprint density at radius 3 is 2.78 bits per heavy atom. The Bertz CT molecular complexity index is 502. The number of aromatic nitrogens is 2. The number of para-hydroxylation sites is 1. The Morgan fingerprint density at radius 2 is 2.06 bits per heavy atom. The topological polar surface area (TPSA) is 29.9 Å². The van der Waals surface area contributed by atoms with E-state index in [4.69, 9.17) is 0 Å². The third kappa shape index (κ3) is 2.92. The highest BCUT2D eigenvalue weighted by Gasteiger charge is 2.04. The van der Waals surface area contributed by atoms with Crippen molar-refractivity contribution >= 4 is 5.69 Å². The van der Waals surface area contributed by atoms with E-state index in [-0.39, 0.29) is 0 Å². The van der Waals surface area contributed by atoms with Gasteiger partial charge in [-0.15, -0.1) is 0 Å². The van der Waals surface area contributed by atoms with Crippen LogP contribution in [0.5, 0.6) is 0 Å². The van der Waals surface area contributed by atoms with Gasteiger partial charge in [0.25, 0.3) is 0 Å². The smallest absolute Gasteiger partial charge is 0.0815 e. The maximum atomic E-state index is 4.58. The highest BCUT2D eigenvalue weighted by Crippen LogP contribution is 2.15. The summed E-state index contributed by atoms with van der Waals surface area (Å²) in [5.41, 5.74) is 3.52. The van der Waals surface area contributed by atoms with Crippen LogP contribution in [0.4, 0.5) is 5.69 Å². The summed E-state index contributed by atoms with van der Waals surface area (Å²) < 4.78 is 2.04. The van der Waals surface area contributed by atoms with Crippen LogP contribution in [0.3, 0.4) is 0 Å². The molecule has 18 heavy (non-hydrogen) atoms. The molecule has 0 aliphatic heterocycles. The zero-order chi connectivity index (χ0) is 13.0. The predicted molar refractivity (Wildman–Crippen MR) is 75.7 cm³/mol. The minimum atomic E-state index is 0.470. The SMILES string of the molecule is CCC(C)n1ccc(CNc2ccccc2C)n1. The predicted octanol–water partition coefficient (Wildman–Crippen LogP) is 3.77. The van der Waals surface area contributed by atoms with Crippen molar-refractivity contribution in [2.75, 3.05) is 5.32 Å². The maximum absolute atomic E-state index is 4.58. The second kappa shape index (κ2) is 5.71. The fourth-order valence-electron chi connectivity index (χ4n) is 1.86. The number of hydrogen-bond donors (Lipinski definition) is 1. The molecule has 0 fully saturated rings. The van der Waals surface area contributed by atoms with Gasteiger partial charge in [0.15, 0.2) is 0 Å². The molecule has 0 bridgehead atoms. The molecule has 2 rings (SSSR count). The summed E-state index contributed by atoms with van der Waals surface area (Å²) in [4.78, 5) is 0. The van der Waals surface area contributed by atoms with E-state index in [1.54, 1.807) is 0 Å². The van der Waals surface area contributed by atoms with Crippen molar-refractivity contribution in [3.05, 3.63) is 47.8 Å². The van der Waals surface area contributed by atoms with Crippen LogP contribution in [-0.4, -0.2) is 9.78 Å². The first-order valence-corrected chi connectivity index (χ1v) is 6.54. The van der Waals surface area contributed by atoms with Gasteiger partial charge in [0.2, 0.25) is 0 Å². The van der Waals surface area contributed by atoms with Crippen LogP contribution in [0.25, 0.3) is 0 Å². The van der Waals surface area contributed by atoms with Crippen molar-refractivity contribution in [2.24, 2.45) is 0 Å². The van der Waals surface area contributed by atoms with Gasteiger partial charge in [-0.25, -0.2) is 0 Å². The van der Waals surface area contributed by atoms with Crippen LogP contribution < -0.4 is 5.32 Å². The lowest BCUT2D eigenvalue weighted by Gasteiger charge is -2.09. The highest BCUT2D eigenvalue weighted by molar-refractivity contribution is 5.50. The van der Waals surface area contributed by atoms with E-state index in [0.29, 0.717) is 6.04 Å². The van der Waals surface area contributed by atoms with Gasteiger partial charge in [0.1, 0.15) is 0 Å². The molecule has 1 aromatic heterocycles. The minimum absolute atomic E-state index is 0.470. The van der Waals surface area contributed by atoms with Crippen LogP contribution in [0.15, 0.2) is 36.5 Å². The van der Waals surface area contributed by atoms with Gasteiger partial charge in [-0.3, -0.25) is 4.68 Å². The first kappa shape index (κ1) is 12.7. The van der Waals surface area contributed by atoms with E-state index in [1.807, 2.05) is 10.7 Å². The Hall–Kier alpha value is -1.77. The molecular weight excluding hydrogens is 222 g/mol. The molecule has 0 spiro atoms. The second-order valence-electron chi connectivity index (χ2n) is 4.71.